The van der Waals surface area contributed by atoms with Gasteiger partial charge < -0.3 is 5.32 Å². The molecule has 4 nitrogen and oxygen atoms in total. The van der Waals surface area contributed by atoms with Crippen molar-refractivity contribution in [2.45, 2.75) is 52.5 Å². The van der Waals surface area contributed by atoms with Crippen molar-refractivity contribution < 1.29 is 0 Å². The van der Waals surface area contributed by atoms with Gasteiger partial charge in [0, 0.05) is 11.7 Å². The van der Waals surface area contributed by atoms with Crippen molar-refractivity contribution in [3.05, 3.63) is 17.5 Å². The molecule has 1 aliphatic carbocycles. The molecule has 0 amide bonds. The van der Waals surface area contributed by atoms with Crippen LogP contribution in [-0.4, -0.2) is 16.0 Å². The summed E-state index contributed by atoms with van der Waals surface area (Å²) in [5, 5.41) is 12.3. The molecule has 0 radical (unpaired) electrons. The van der Waals surface area contributed by atoms with Crippen LogP contribution < -0.4 is 5.32 Å². The lowest BCUT2D eigenvalue weighted by Crippen LogP contribution is -2.39. The van der Waals surface area contributed by atoms with Crippen molar-refractivity contribution in [2.24, 2.45) is 5.41 Å². The summed E-state index contributed by atoms with van der Waals surface area (Å²) in [6.45, 7) is 6.45. The van der Waals surface area contributed by atoms with Crippen molar-refractivity contribution in [1.82, 2.24) is 9.97 Å². The van der Waals surface area contributed by atoms with Crippen molar-refractivity contribution in [3.63, 3.8) is 0 Å². The van der Waals surface area contributed by atoms with Crippen LogP contribution in [0.25, 0.3) is 0 Å². The highest BCUT2D eigenvalue weighted by Gasteiger charge is 2.32. The Morgan fingerprint density at radius 2 is 2.17 bits per heavy atom. The topological polar surface area (TPSA) is 61.6 Å². The second kappa shape index (κ2) is 4.93. The van der Waals surface area contributed by atoms with Gasteiger partial charge in [0.25, 0.3) is 0 Å². The Labute approximate surface area is 108 Å². The number of rotatable bonds is 2. The molecule has 0 aromatic carbocycles. The largest absolute Gasteiger partial charge is 0.351 e. The summed E-state index contributed by atoms with van der Waals surface area (Å²) in [5.41, 5.74) is 1.52. The number of nitriles is 1. The minimum absolute atomic E-state index is 0.262. The van der Waals surface area contributed by atoms with E-state index in [4.69, 9.17) is 5.26 Å². The third-order valence-corrected chi connectivity index (χ3v) is 3.78. The summed E-state index contributed by atoms with van der Waals surface area (Å²) in [6.07, 6.45) is 4.91. The first kappa shape index (κ1) is 12.8. The summed E-state index contributed by atoms with van der Waals surface area (Å²) in [7, 11) is 0. The molecule has 1 aliphatic rings. The van der Waals surface area contributed by atoms with Gasteiger partial charge in [-0.15, -0.1) is 0 Å². The molecule has 1 fully saturated rings. The summed E-state index contributed by atoms with van der Waals surface area (Å²) in [5.74, 6) is 0.589. The summed E-state index contributed by atoms with van der Waals surface area (Å²) < 4.78 is 0. The standard InChI is InChI=1S/C14H20N4/c1-10-8-11(9-15)17-13(16-10)18-12-6-4-5-7-14(12,2)3/h8,12H,4-7H2,1-3H3,(H,16,17,18). The maximum Gasteiger partial charge on any atom is 0.224 e. The number of aromatic nitrogens is 2. The predicted molar refractivity (Wildman–Crippen MR) is 71.1 cm³/mol. The lowest BCUT2D eigenvalue weighted by atomic mass is 9.73. The minimum Gasteiger partial charge on any atom is -0.351 e. The van der Waals surface area contributed by atoms with E-state index in [-0.39, 0.29) is 5.41 Å². The van der Waals surface area contributed by atoms with Crippen LogP contribution in [0.2, 0.25) is 0 Å². The molecule has 1 aromatic heterocycles. The molecule has 1 unspecified atom stereocenters. The number of nitrogens with one attached hydrogen (secondary N) is 1. The molecule has 18 heavy (non-hydrogen) atoms. The van der Waals surface area contributed by atoms with E-state index >= 15 is 0 Å². The Kier molecular flexibility index (Phi) is 3.51. The van der Waals surface area contributed by atoms with Crippen LogP contribution in [0, 0.1) is 23.7 Å². The van der Waals surface area contributed by atoms with Gasteiger partial charge in [-0.1, -0.05) is 26.7 Å². The molecular formula is C14H20N4. The summed E-state index contributed by atoms with van der Waals surface area (Å²) in [4.78, 5) is 8.60. The maximum absolute atomic E-state index is 8.93. The van der Waals surface area contributed by atoms with Gasteiger partial charge in [-0.25, -0.2) is 9.97 Å². The zero-order valence-corrected chi connectivity index (χ0v) is 11.3. The van der Waals surface area contributed by atoms with Gasteiger partial charge in [0.1, 0.15) is 11.8 Å². The molecule has 1 aromatic rings. The quantitative estimate of drug-likeness (QED) is 0.868. The Bertz CT molecular complexity index is 473. The minimum atomic E-state index is 0.262. The Morgan fingerprint density at radius 3 is 2.83 bits per heavy atom. The molecule has 1 heterocycles. The Morgan fingerprint density at radius 1 is 1.39 bits per heavy atom. The Balaban J connectivity index is 2.18. The van der Waals surface area contributed by atoms with Crippen LogP contribution in [0.3, 0.4) is 0 Å². The number of anilines is 1. The third kappa shape index (κ3) is 2.79. The predicted octanol–water partition coefficient (Wildman–Crippen LogP) is 3.04. The van der Waals surface area contributed by atoms with E-state index in [0.717, 1.165) is 12.1 Å². The van der Waals surface area contributed by atoms with Crippen molar-refractivity contribution >= 4 is 5.95 Å². The lowest BCUT2D eigenvalue weighted by Gasteiger charge is -2.39. The molecule has 4 heteroatoms. The van der Waals surface area contributed by atoms with E-state index in [9.17, 15) is 0 Å². The third-order valence-electron chi connectivity index (χ3n) is 3.78. The fourth-order valence-electron chi connectivity index (χ4n) is 2.61. The number of hydrogen-bond acceptors (Lipinski definition) is 4. The highest BCUT2D eigenvalue weighted by atomic mass is 15.1. The van der Waals surface area contributed by atoms with Crippen molar-refractivity contribution in [1.29, 1.82) is 5.26 Å². The maximum atomic E-state index is 8.93. The van der Waals surface area contributed by atoms with Gasteiger partial charge >= 0.3 is 0 Å². The molecule has 1 saturated carbocycles. The molecule has 0 saturated heterocycles. The number of aryl methyl sites for hydroxylation is 1. The molecule has 2 rings (SSSR count). The highest BCUT2D eigenvalue weighted by Crippen LogP contribution is 2.36. The molecule has 0 spiro atoms. The smallest absolute Gasteiger partial charge is 0.224 e. The average Bonchev–Trinajstić information content (AvgIpc) is 2.31. The first-order chi connectivity index (χ1) is 8.51. The average molecular weight is 244 g/mol. The molecule has 0 bridgehead atoms. The highest BCUT2D eigenvalue weighted by molar-refractivity contribution is 5.34. The molecule has 1 N–H and O–H groups in total. The molecule has 1 atom stereocenters. The molecular weight excluding hydrogens is 224 g/mol. The van der Waals surface area contributed by atoms with Gasteiger partial charge in [0.05, 0.1) is 0 Å². The van der Waals surface area contributed by atoms with E-state index in [2.05, 4.69) is 35.2 Å². The van der Waals surface area contributed by atoms with E-state index in [1.165, 1.54) is 19.3 Å². The monoisotopic (exact) mass is 244 g/mol. The first-order valence-corrected chi connectivity index (χ1v) is 6.53. The molecule has 0 aliphatic heterocycles. The van der Waals surface area contributed by atoms with Gasteiger partial charge in [-0.3, -0.25) is 0 Å². The van der Waals surface area contributed by atoms with E-state index < -0.39 is 0 Å². The Hall–Kier alpha value is -1.63. The number of hydrogen-bond donors (Lipinski definition) is 1. The van der Waals surface area contributed by atoms with Gasteiger partial charge in [-0.2, -0.15) is 5.26 Å². The van der Waals surface area contributed by atoms with Crippen LogP contribution in [0.5, 0.6) is 0 Å². The normalized spacial score (nSPS) is 22.2. The van der Waals surface area contributed by atoms with Crippen LogP contribution in [0.15, 0.2) is 6.07 Å². The second-order valence-electron chi connectivity index (χ2n) is 5.76. The zero-order valence-electron chi connectivity index (χ0n) is 11.3. The van der Waals surface area contributed by atoms with E-state index in [1.807, 2.05) is 6.92 Å². The fourth-order valence-corrected chi connectivity index (χ4v) is 2.61. The van der Waals surface area contributed by atoms with Gasteiger partial charge in [0.2, 0.25) is 5.95 Å². The van der Waals surface area contributed by atoms with Crippen LogP contribution >= 0.6 is 0 Å². The molecule has 96 valence electrons. The van der Waals surface area contributed by atoms with Crippen LogP contribution in [-0.2, 0) is 0 Å². The van der Waals surface area contributed by atoms with Crippen LogP contribution in [0.1, 0.15) is 50.9 Å². The van der Waals surface area contributed by atoms with Crippen LogP contribution in [0.4, 0.5) is 5.95 Å². The lowest BCUT2D eigenvalue weighted by molar-refractivity contribution is 0.216. The number of nitrogens with zero attached hydrogens (tertiary/aromatic N) is 3. The van der Waals surface area contributed by atoms with Gasteiger partial charge in [-0.05, 0) is 31.2 Å². The van der Waals surface area contributed by atoms with Crippen molar-refractivity contribution in [2.75, 3.05) is 5.32 Å². The van der Waals surface area contributed by atoms with Gasteiger partial charge in [0.15, 0.2) is 0 Å². The van der Waals surface area contributed by atoms with E-state index in [0.29, 0.717) is 17.7 Å². The summed E-state index contributed by atoms with van der Waals surface area (Å²) in [6, 6.07) is 4.17. The van der Waals surface area contributed by atoms with Crippen molar-refractivity contribution in [3.8, 4) is 6.07 Å². The second-order valence-corrected chi connectivity index (χ2v) is 5.76. The first-order valence-electron chi connectivity index (χ1n) is 6.53. The SMILES string of the molecule is Cc1cc(C#N)nc(NC2CCCCC2(C)C)n1. The zero-order chi connectivity index (χ0) is 13.2. The van der Waals surface area contributed by atoms with E-state index in [1.54, 1.807) is 6.07 Å². The fraction of sp³-hybridized carbons (Fsp3) is 0.643. The summed E-state index contributed by atoms with van der Waals surface area (Å²) >= 11 is 0.